The van der Waals surface area contributed by atoms with Gasteiger partial charge in [0.05, 0.1) is 18.6 Å². The van der Waals surface area contributed by atoms with Crippen molar-refractivity contribution in [2.24, 2.45) is 5.73 Å². The van der Waals surface area contributed by atoms with Gasteiger partial charge in [0.25, 0.3) is 11.1 Å². The molecule has 0 saturated carbocycles. The number of carbonyl (C=O) groups is 2. The van der Waals surface area contributed by atoms with Gasteiger partial charge in [-0.05, 0) is 112 Å². The van der Waals surface area contributed by atoms with Gasteiger partial charge >= 0.3 is 0 Å². The Morgan fingerprint density at radius 3 is 2.52 bits per heavy atom. The van der Waals surface area contributed by atoms with Crippen LogP contribution in [-0.2, 0) is 11.2 Å². The number of carbonyl (C=O) groups excluding carboxylic acids is 2. The summed E-state index contributed by atoms with van der Waals surface area (Å²) in [5.74, 6) is 2.64. The van der Waals surface area contributed by atoms with Crippen LogP contribution in [0.15, 0.2) is 23.1 Å². The molecule has 2 amide bonds. The number of thioether (sulfide) groups is 1. The predicted molar refractivity (Wildman–Crippen MR) is 159 cm³/mol. The number of hydrogen-bond donors (Lipinski definition) is 2. The number of rotatable bonds is 12. The van der Waals surface area contributed by atoms with Gasteiger partial charge in [0.2, 0.25) is 0 Å². The minimum Gasteiger partial charge on any atom is -0.493 e. The predicted octanol–water partition coefficient (Wildman–Crippen LogP) is 6.00. The minimum absolute atomic E-state index is 0.342. The summed E-state index contributed by atoms with van der Waals surface area (Å²) in [7, 11) is 1.57. The van der Waals surface area contributed by atoms with E-state index in [1.807, 2.05) is 12.1 Å². The summed E-state index contributed by atoms with van der Waals surface area (Å²) >= 11 is 0.881. The molecule has 0 aliphatic carbocycles. The van der Waals surface area contributed by atoms with Crippen molar-refractivity contribution >= 4 is 29.0 Å². The molecule has 2 aromatic carbocycles. The van der Waals surface area contributed by atoms with Crippen LogP contribution in [0.3, 0.4) is 0 Å². The molecule has 216 valence electrons. The Bertz CT molecular complexity index is 1310. The lowest BCUT2D eigenvalue weighted by Gasteiger charge is -2.38. The quantitative estimate of drug-likeness (QED) is 0.237. The van der Waals surface area contributed by atoms with Crippen LogP contribution in [0.5, 0.6) is 23.0 Å². The van der Waals surface area contributed by atoms with E-state index in [0.717, 1.165) is 90.6 Å². The Hall–Kier alpha value is -3.17. The molecule has 0 radical (unpaired) electrons. The van der Waals surface area contributed by atoms with Gasteiger partial charge in [0.1, 0.15) is 23.7 Å². The zero-order valence-electron chi connectivity index (χ0n) is 24.1. The third-order valence-corrected chi connectivity index (χ3v) is 8.38. The number of nitrogens with two attached hydrogens (primary N) is 1. The fourth-order valence-corrected chi connectivity index (χ4v) is 5.75. The SMILES string of the molecule is COc1cc(/C=C2/SC(=O)NC2=O)ccc1OC[C@]1(C)CCc2c(C)c(OCCCCCCN)c(C)c(C)c2O1. The number of imide groups is 1. The monoisotopic (exact) mass is 568 g/mol. The normalized spacial score (nSPS) is 19.3. The number of unbranched alkanes of at least 4 members (excludes halogenated alkanes) is 3. The van der Waals surface area contributed by atoms with E-state index in [9.17, 15) is 9.59 Å². The van der Waals surface area contributed by atoms with E-state index in [4.69, 9.17) is 24.7 Å². The molecule has 0 spiro atoms. The van der Waals surface area contributed by atoms with Gasteiger partial charge in [-0.25, -0.2) is 0 Å². The van der Waals surface area contributed by atoms with Crippen LogP contribution < -0.4 is 30.0 Å². The van der Waals surface area contributed by atoms with Gasteiger partial charge in [-0.15, -0.1) is 0 Å². The lowest BCUT2D eigenvalue weighted by atomic mass is 9.87. The number of methoxy groups -OCH3 is 1. The van der Waals surface area contributed by atoms with Crippen LogP contribution in [0.25, 0.3) is 6.08 Å². The van der Waals surface area contributed by atoms with Crippen LogP contribution >= 0.6 is 11.8 Å². The molecule has 8 nitrogen and oxygen atoms in total. The molecule has 2 aromatic rings. The van der Waals surface area contributed by atoms with E-state index in [1.165, 1.54) is 5.56 Å². The van der Waals surface area contributed by atoms with E-state index in [1.54, 1.807) is 19.3 Å². The first-order valence-corrected chi connectivity index (χ1v) is 14.7. The van der Waals surface area contributed by atoms with E-state index >= 15 is 0 Å². The molecule has 1 saturated heterocycles. The van der Waals surface area contributed by atoms with Crippen molar-refractivity contribution in [1.29, 1.82) is 0 Å². The molecule has 3 N–H and O–H groups in total. The number of ether oxygens (including phenoxy) is 4. The Balaban J connectivity index is 1.44. The van der Waals surface area contributed by atoms with Crippen LogP contribution in [0.1, 0.15) is 66.8 Å². The van der Waals surface area contributed by atoms with Gasteiger partial charge in [0, 0.05) is 5.56 Å². The van der Waals surface area contributed by atoms with Crippen molar-refractivity contribution in [3.8, 4) is 23.0 Å². The third kappa shape index (κ3) is 6.75. The summed E-state index contributed by atoms with van der Waals surface area (Å²) < 4.78 is 24.7. The van der Waals surface area contributed by atoms with Gasteiger partial charge in [-0.3, -0.25) is 14.9 Å². The van der Waals surface area contributed by atoms with Crippen LogP contribution in [-0.4, -0.2) is 43.6 Å². The molecular weight excluding hydrogens is 528 g/mol. The Kier molecular flexibility index (Phi) is 9.68. The maximum atomic E-state index is 11.9. The minimum atomic E-state index is -0.521. The highest BCUT2D eigenvalue weighted by Crippen LogP contribution is 2.44. The molecule has 0 bridgehead atoms. The summed E-state index contributed by atoms with van der Waals surface area (Å²) in [5.41, 5.74) is 10.4. The first-order valence-electron chi connectivity index (χ1n) is 13.9. The van der Waals surface area contributed by atoms with Gasteiger partial charge < -0.3 is 24.7 Å². The highest BCUT2D eigenvalue weighted by Gasteiger charge is 2.36. The highest BCUT2D eigenvalue weighted by molar-refractivity contribution is 8.18. The molecule has 2 heterocycles. The van der Waals surface area contributed by atoms with Crippen LogP contribution in [0, 0.1) is 20.8 Å². The Morgan fingerprint density at radius 2 is 1.82 bits per heavy atom. The number of benzene rings is 2. The van der Waals surface area contributed by atoms with Crippen LogP contribution in [0.4, 0.5) is 4.79 Å². The zero-order chi connectivity index (χ0) is 28.9. The fraction of sp³-hybridized carbons (Fsp3) is 0.484. The largest absolute Gasteiger partial charge is 0.493 e. The van der Waals surface area contributed by atoms with Gasteiger partial charge in [-0.2, -0.15) is 0 Å². The maximum absolute atomic E-state index is 11.9. The fourth-order valence-electron chi connectivity index (χ4n) is 5.07. The average Bonchev–Trinajstić information content (AvgIpc) is 3.25. The van der Waals surface area contributed by atoms with Gasteiger partial charge in [0.15, 0.2) is 11.5 Å². The van der Waals surface area contributed by atoms with Crippen molar-refractivity contribution in [2.75, 3.05) is 26.9 Å². The first-order chi connectivity index (χ1) is 19.2. The number of amides is 2. The molecule has 0 aromatic heterocycles. The lowest BCUT2D eigenvalue weighted by Crippen LogP contribution is -2.42. The molecule has 1 fully saturated rings. The van der Waals surface area contributed by atoms with Gasteiger partial charge in [-0.1, -0.05) is 18.9 Å². The third-order valence-electron chi connectivity index (χ3n) is 7.57. The maximum Gasteiger partial charge on any atom is 0.290 e. The second-order valence-corrected chi connectivity index (χ2v) is 11.7. The molecule has 0 unspecified atom stereocenters. The van der Waals surface area contributed by atoms with Crippen molar-refractivity contribution in [2.45, 2.75) is 71.8 Å². The topological polar surface area (TPSA) is 109 Å². The summed E-state index contributed by atoms with van der Waals surface area (Å²) in [4.78, 5) is 23.7. The Morgan fingerprint density at radius 1 is 1.05 bits per heavy atom. The van der Waals surface area contributed by atoms with Crippen molar-refractivity contribution < 1.29 is 28.5 Å². The summed E-state index contributed by atoms with van der Waals surface area (Å²) in [6, 6.07) is 5.43. The van der Waals surface area contributed by atoms with Crippen LogP contribution in [0.2, 0.25) is 0 Å². The summed E-state index contributed by atoms with van der Waals surface area (Å²) in [6.07, 6.45) is 7.69. The molecule has 40 heavy (non-hydrogen) atoms. The van der Waals surface area contributed by atoms with Crippen molar-refractivity contribution in [3.05, 3.63) is 50.9 Å². The van der Waals surface area contributed by atoms with Crippen molar-refractivity contribution in [3.63, 3.8) is 0 Å². The smallest absolute Gasteiger partial charge is 0.290 e. The van der Waals surface area contributed by atoms with E-state index in [0.29, 0.717) is 29.6 Å². The van der Waals surface area contributed by atoms with E-state index in [2.05, 4.69) is 33.0 Å². The Labute approximate surface area is 241 Å². The number of nitrogens with one attached hydrogen (secondary N) is 1. The molecule has 1 atom stereocenters. The van der Waals surface area contributed by atoms with E-state index < -0.39 is 11.5 Å². The number of hydrogen-bond acceptors (Lipinski definition) is 8. The molecule has 2 aliphatic heterocycles. The molecule has 2 aliphatic rings. The summed E-state index contributed by atoms with van der Waals surface area (Å²) in [6.45, 7) is 10.2. The molecular formula is C31H40N2O6S. The standard InChI is InChI=1S/C31H40N2O6S/c1-19-20(2)28-23(21(3)27(19)37-15-9-7-6-8-14-32)12-13-31(4,39-28)18-38-24-11-10-22(16-25(24)36-5)17-26-29(34)33-30(35)40-26/h10-11,16-17H,6-9,12-15,18,32H2,1-5H3,(H,33,34,35)/b26-17+/t31-/m0/s1. The average molecular weight is 569 g/mol. The second kappa shape index (κ2) is 13.0. The first kappa shape index (κ1) is 29.8. The number of fused-ring (bicyclic) bond motifs is 1. The molecule has 4 rings (SSSR count). The molecule has 9 heteroatoms. The highest BCUT2D eigenvalue weighted by atomic mass is 32.2. The lowest BCUT2D eigenvalue weighted by molar-refractivity contribution is -0.115. The second-order valence-electron chi connectivity index (χ2n) is 10.7. The van der Waals surface area contributed by atoms with E-state index in [-0.39, 0.29) is 5.24 Å². The van der Waals surface area contributed by atoms with Crippen molar-refractivity contribution in [1.82, 2.24) is 5.32 Å². The zero-order valence-corrected chi connectivity index (χ0v) is 24.9. The summed E-state index contributed by atoms with van der Waals surface area (Å²) in [5, 5.41) is 1.89.